The summed E-state index contributed by atoms with van der Waals surface area (Å²) in [6, 6.07) is 3.94. The number of carbonyl (C=O) groups excluding carboxylic acids is 3. The molecule has 0 fully saturated rings. The van der Waals surface area contributed by atoms with Gasteiger partial charge in [-0.25, -0.2) is 18.4 Å². The summed E-state index contributed by atoms with van der Waals surface area (Å²) >= 11 is 0. The van der Waals surface area contributed by atoms with Crippen LogP contribution in [0, 0.1) is 0 Å². The molecule has 1 aromatic rings. The highest BCUT2D eigenvalue weighted by Crippen LogP contribution is 2.24. The first-order valence-electron chi connectivity index (χ1n) is 9.14. The molecule has 2 rings (SSSR count). The number of allylic oxidation sites excluding steroid dienone is 1. The van der Waals surface area contributed by atoms with Crippen molar-refractivity contribution in [1.29, 1.82) is 0 Å². The Kier molecular flexibility index (Phi) is 6.91. The van der Waals surface area contributed by atoms with Crippen molar-refractivity contribution in [1.82, 2.24) is 10.2 Å². The third-order valence-corrected chi connectivity index (χ3v) is 4.08. The summed E-state index contributed by atoms with van der Waals surface area (Å²) in [5.74, 6) is -5.97. The molecule has 0 spiro atoms. The van der Waals surface area contributed by atoms with Gasteiger partial charge in [-0.15, -0.1) is 0 Å². The van der Waals surface area contributed by atoms with Gasteiger partial charge in [-0.05, 0) is 39.3 Å². The van der Waals surface area contributed by atoms with Crippen LogP contribution in [-0.2, 0) is 9.53 Å². The number of hydrogen-bond acceptors (Lipinski definition) is 5. The predicted molar refractivity (Wildman–Crippen MR) is 101 cm³/mol. The molecule has 0 aliphatic carbocycles. The summed E-state index contributed by atoms with van der Waals surface area (Å²) in [6.45, 7) is 4.39. The molecule has 1 heterocycles. The van der Waals surface area contributed by atoms with E-state index in [4.69, 9.17) is 9.84 Å². The normalized spacial score (nSPS) is 15.4. The number of benzene rings is 1. The van der Waals surface area contributed by atoms with E-state index < -0.39 is 53.6 Å². The van der Waals surface area contributed by atoms with Crippen LogP contribution in [0.2, 0.25) is 0 Å². The number of carbonyl (C=O) groups is 4. The first-order valence-corrected chi connectivity index (χ1v) is 9.14. The van der Waals surface area contributed by atoms with Gasteiger partial charge < -0.3 is 15.2 Å². The van der Waals surface area contributed by atoms with E-state index in [-0.39, 0.29) is 24.1 Å². The quantitative estimate of drug-likeness (QED) is 0.650. The Hall–Kier alpha value is -3.30. The summed E-state index contributed by atoms with van der Waals surface area (Å²) in [5.41, 5.74) is -0.493. The van der Waals surface area contributed by atoms with E-state index in [2.05, 4.69) is 0 Å². The molecule has 162 valence electrons. The number of nitrogens with zero attached hydrogens (tertiary/aromatic N) is 1. The Labute approximate surface area is 171 Å². The molecule has 1 aliphatic rings. The summed E-state index contributed by atoms with van der Waals surface area (Å²) < 4.78 is 33.3. The fourth-order valence-electron chi connectivity index (χ4n) is 2.77. The van der Waals surface area contributed by atoms with Crippen LogP contribution in [0.15, 0.2) is 35.9 Å². The second kappa shape index (κ2) is 9.02. The number of rotatable bonds is 7. The first-order chi connectivity index (χ1) is 13.9. The van der Waals surface area contributed by atoms with Gasteiger partial charge in [0.1, 0.15) is 11.4 Å². The van der Waals surface area contributed by atoms with Crippen molar-refractivity contribution in [3.63, 3.8) is 0 Å². The number of alkyl carbamates (subject to hydrolysis) is 1. The largest absolute Gasteiger partial charge is 0.479 e. The Morgan fingerprint density at radius 3 is 2.13 bits per heavy atom. The van der Waals surface area contributed by atoms with Crippen LogP contribution in [-0.4, -0.2) is 52.1 Å². The van der Waals surface area contributed by atoms with Crippen molar-refractivity contribution in [3.05, 3.63) is 47.0 Å². The van der Waals surface area contributed by atoms with Gasteiger partial charge in [0, 0.05) is 13.0 Å². The van der Waals surface area contributed by atoms with Crippen LogP contribution in [0.1, 0.15) is 54.3 Å². The number of imide groups is 1. The lowest BCUT2D eigenvalue weighted by Gasteiger charge is -2.21. The Morgan fingerprint density at radius 2 is 1.67 bits per heavy atom. The Balaban J connectivity index is 2.00. The number of fused-ring (bicyclic) bond motifs is 1. The zero-order valence-corrected chi connectivity index (χ0v) is 16.7. The second-order valence-electron chi connectivity index (χ2n) is 7.58. The van der Waals surface area contributed by atoms with Gasteiger partial charge in [0.2, 0.25) is 0 Å². The summed E-state index contributed by atoms with van der Waals surface area (Å²) in [5, 5.41) is 10.9. The molecule has 0 aromatic heterocycles. The van der Waals surface area contributed by atoms with Crippen molar-refractivity contribution >= 4 is 23.9 Å². The smallest absolute Gasteiger partial charge is 0.408 e. The van der Waals surface area contributed by atoms with Crippen LogP contribution in [0.3, 0.4) is 0 Å². The van der Waals surface area contributed by atoms with Crippen LogP contribution < -0.4 is 5.32 Å². The van der Waals surface area contributed by atoms with Gasteiger partial charge in [-0.2, -0.15) is 0 Å². The van der Waals surface area contributed by atoms with Gasteiger partial charge >= 0.3 is 12.1 Å². The Morgan fingerprint density at radius 1 is 1.13 bits per heavy atom. The molecule has 0 saturated heterocycles. The van der Waals surface area contributed by atoms with E-state index in [0.717, 1.165) is 4.90 Å². The summed E-state index contributed by atoms with van der Waals surface area (Å²) in [4.78, 5) is 48.3. The molecule has 3 amide bonds. The number of ether oxygens (including phenoxy) is 1. The highest BCUT2D eigenvalue weighted by atomic mass is 19.2. The third kappa shape index (κ3) is 5.40. The molecule has 1 atom stereocenters. The van der Waals surface area contributed by atoms with Gasteiger partial charge in [0.05, 0.1) is 11.1 Å². The van der Waals surface area contributed by atoms with Crippen molar-refractivity contribution in [3.8, 4) is 0 Å². The molecular formula is C20H22F2N2O6. The molecule has 0 bridgehead atoms. The van der Waals surface area contributed by atoms with Gasteiger partial charge in [-0.3, -0.25) is 14.5 Å². The van der Waals surface area contributed by atoms with Gasteiger partial charge in [0.15, 0.2) is 11.9 Å². The molecule has 10 heteroatoms. The van der Waals surface area contributed by atoms with E-state index in [1.165, 1.54) is 32.9 Å². The zero-order chi connectivity index (χ0) is 22.6. The summed E-state index contributed by atoms with van der Waals surface area (Å²) in [7, 11) is 0. The minimum atomic E-state index is -2.26. The molecule has 1 aliphatic heterocycles. The lowest BCUT2D eigenvalue weighted by molar-refractivity contribution is -0.138. The molecule has 30 heavy (non-hydrogen) atoms. The van der Waals surface area contributed by atoms with E-state index in [1.54, 1.807) is 17.4 Å². The fourth-order valence-corrected chi connectivity index (χ4v) is 2.77. The summed E-state index contributed by atoms with van der Waals surface area (Å²) in [6.07, 6.45) is -1.92. The highest BCUT2D eigenvalue weighted by molar-refractivity contribution is 6.21. The van der Waals surface area contributed by atoms with Crippen LogP contribution in [0.25, 0.3) is 0 Å². The molecule has 0 radical (unpaired) electrons. The van der Waals surface area contributed by atoms with E-state index >= 15 is 0 Å². The number of hydrogen-bond donors (Lipinski definition) is 2. The van der Waals surface area contributed by atoms with Crippen molar-refractivity contribution in [2.45, 2.75) is 45.3 Å². The maximum Gasteiger partial charge on any atom is 0.408 e. The number of aliphatic carboxylic acids is 1. The minimum Gasteiger partial charge on any atom is -0.479 e. The zero-order valence-electron chi connectivity index (χ0n) is 16.7. The number of carboxylic acid groups (broad SMARTS) is 1. The number of carboxylic acids is 1. The number of nitrogens with one attached hydrogen (secondary N) is 1. The average Bonchev–Trinajstić information content (AvgIpc) is 2.89. The SMILES string of the molecule is CC(C)(C)OC(=O)NC(C(=O)O)/C(F)=C(\F)CCCN1C(=O)c2ccccc2C1=O. The average molecular weight is 424 g/mol. The fraction of sp³-hybridized carbons (Fsp3) is 0.400. The van der Waals surface area contributed by atoms with E-state index in [0.29, 0.717) is 0 Å². The maximum atomic E-state index is 14.3. The molecular weight excluding hydrogens is 402 g/mol. The molecule has 8 nitrogen and oxygen atoms in total. The lowest BCUT2D eigenvalue weighted by Crippen LogP contribution is -2.44. The van der Waals surface area contributed by atoms with Gasteiger partial charge in [0.25, 0.3) is 11.8 Å². The van der Waals surface area contributed by atoms with Crippen molar-refractivity contribution in [2.75, 3.05) is 6.54 Å². The molecule has 0 saturated carbocycles. The molecule has 1 unspecified atom stereocenters. The number of amides is 3. The van der Waals surface area contributed by atoms with Gasteiger partial charge in [-0.1, -0.05) is 12.1 Å². The minimum absolute atomic E-state index is 0.135. The van der Waals surface area contributed by atoms with E-state index in [9.17, 15) is 28.0 Å². The molecule has 2 N–H and O–H groups in total. The van der Waals surface area contributed by atoms with Crippen molar-refractivity contribution in [2.24, 2.45) is 0 Å². The van der Waals surface area contributed by atoms with Crippen LogP contribution >= 0.6 is 0 Å². The Bertz CT molecular complexity index is 872. The van der Waals surface area contributed by atoms with Crippen LogP contribution in [0.5, 0.6) is 0 Å². The number of halogens is 2. The predicted octanol–water partition coefficient (Wildman–Crippen LogP) is 3.19. The first kappa shape index (κ1) is 23.0. The topological polar surface area (TPSA) is 113 Å². The third-order valence-electron chi connectivity index (χ3n) is 4.08. The van der Waals surface area contributed by atoms with Crippen LogP contribution in [0.4, 0.5) is 13.6 Å². The second-order valence-corrected chi connectivity index (χ2v) is 7.58. The lowest BCUT2D eigenvalue weighted by atomic mass is 10.1. The molecule has 1 aromatic carbocycles. The maximum absolute atomic E-state index is 14.3. The van der Waals surface area contributed by atoms with E-state index in [1.807, 2.05) is 0 Å². The van der Waals surface area contributed by atoms with Crippen molar-refractivity contribution < 1.29 is 37.8 Å². The highest BCUT2D eigenvalue weighted by Gasteiger charge is 2.35. The standard InChI is InChI=1S/C20H22F2N2O6/c1-20(2,3)30-19(29)23-15(18(27)28)14(22)13(21)9-6-10-24-16(25)11-7-4-5-8-12(11)17(24)26/h4-5,7-8,15H,6,9-10H2,1-3H3,(H,23,29)(H,27,28)/b14-13+. The monoisotopic (exact) mass is 424 g/mol.